The number of aliphatic hydroxyl groups is 1. The van der Waals surface area contributed by atoms with E-state index in [4.69, 9.17) is 16.3 Å². The Balaban J connectivity index is 1.68. The monoisotopic (exact) mass is 254 g/mol. The summed E-state index contributed by atoms with van der Waals surface area (Å²) in [6.45, 7) is 3.41. The Kier molecular flexibility index (Phi) is 1.57. The van der Waals surface area contributed by atoms with Crippen molar-refractivity contribution in [2.45, 2.75) is 43.3 Å². The highest BCUT2D eigenvalue weighted by atomic mass is 35.5. The third-order valence-electron chi connectivity index (χ3n) is 5.82. The summed E-state index contributed by atoms with van der Waals surface area (Å²) in [6, 6.07) is 0. The fourth-order valence-corrected chi connectivity index (χ4v) is 5.54. The van der Waals surface area contributed by atoms with Crippen LogP contribution in [0.25, 0.3) is 0 Å². The van der Waals surface area contributed by atoms with Gasteiger partial charge in [-0.25, -0.2) is 4.79 Å². The number of fused-ring (bicyclic) bond motifs is 1. The van der Waals surface area contributed by atoms with Crippen LogP contribution in [-0.4, -0.2) is 22.3 Å². The molecule has 0 heterocycles. The van der Waals surface area contributed by atoms with E-state index in [1.807, 2.05) is 0 Å². The second kappa shape index (κ2) is 2.57. The van der Waals surface area contributed by atoms with Gasteiger partial charge in [-0.15, -0.1) is 0 Å². The summed E-state index contributed by atoms with van der Waals surface area (Å²) in [4.78, 5) is 11.6. The minimum atomic E-state index is -0.593. The van der Waals surface area contributed by atoms with Crippen molar-refractivity contribution < 1.29 is 14.6 Å². The molecular weight excluding hydrogens is 240 g/mol. The Labute approximate surface area is 105 Å². The highest BCUT2D eigenvalue weighted by Gasteiger charge is 2.86. The smallest absolute Gasteiger partial charge is 0.349 e. The predicted octanol–water partition coefficient (Wildman–Crippen LogP) is 1.98. The average molecular weight is 255 g/mol. The predicted molar refractivity (Wildman–Crippen MR) is 61.3 cm³/mol. The standard InChI is InChI=1S/C13H15ClO3/c1-7(14)10(15)17-12-4-9-2-8-3-11(16,5-12)6-13(8,9)12/h8-9,16H,1-6H2/t8-,9?,11?,12?,13?/m1/s1. The van der Waals surface area contributed by atoms with Crippen molar-refractivity contribution in [3.63, 3.8) is 0 Å². The minimum absolute atomic E-state index is 0.0649. The van der Waals surface area contributed by atoms with Crippen molar-refractivity contribution in [3.05, 3.63) is 11.6 Å². The molecule has 1 N–H and O–H groups in total. The maximum absolute atomic E-state index is 11.6. The van der Waals surface area contributed by atoms with Gasteiger partial charge < -0.3 is 9.84 Å². The molecule has 17 heavy (non-hydrogen) atoms. The quantitative estimate of drug-likeness (QED) is 0.605. The fourth-order valence-electron chi connectivity index (χ4n) is 5.50. The Hall–Kier alpha value is -0.540. The van der Waals surface area contributed by atoms with E-state index in [9.17, 15) is 9.90 Å². The molecule has 4 aliphatic rings. The van der Waals surface area contributed by atoms with E-state index in [2.05, 4.69) is 6.58 Å². The molecule has 4 rings (SSSR count). The molecule has 0 aromatic rings. The first-order chi connectivity index (χ1) is 7.91. The van der Waals surface area contributed by atoms with Gasteiger partial charge in [0.2, 0.25) is 0 Å². The van der Waals surface area contributed by atoms with Crippen LogP contribution in [0, 0.1) is 17.3 Å². The number of hydrogen-bond donors (Lipinski definition) is 1. The van der Waals surface area contributed by atoms with Crippen LogP contribution in [0.2, 0.25) is 0 Å². The minimum Gasteiger partial charge on any atom is -0.454 e. The van der Waals surface area contributed by atoms with Gasteiger partial charge in [-0.2, -0.15) is 0 Å². The maximum Gasteiger partial charge on any atom is 0.349 e. The van der Waals surface area contributed by atoms with E-state index in [1.165, 1.54) is 6.42 Å². The second-order valence-corrected chi connectivity index (χ2v) is 6.90. The highest BCUT2D eigenvalue weighted by molar-refractivity contribution is 6.40. The number of carbonyl (C=O) groups is 1. The molecule has 4 aliphatic carbocycles. The molecule has 4 unspecified atom stereocenters. The highest BCUT2D eigenvalue weighted by Crippen LogP contribution is 2.84. The molecule has 0 aromatic heterocycles. The Morgan fingerprint density at radius 1 is 1.35 bits per heavy atom. The van der Waals surface area contributed by atoms with Gasteiger partial charge >= 0.3 is 5.97 Å². The van der Waals surface area contributed by atoms with E-state index in [1.54, 1.807) is 0 Å². The first kappa shape index (κ1) is 10.4. The van der Waals surface area contributed by atoms with Crippen molar-refractivity contribution >= 4 is 17.6 Å². The molecule has 3 nitrogen and oxygen atoms in total. The number of carbonyl (C=O) groups excluding carboxylic acids is 1. The van der Waals surface area contributed by atoms with Crippen LogP contribution in [0.4, 0.5) is 0 Å². The average Bonchev–Trinajstić information content (AvgIpc) is 2.60. The zero-order valence-electron chi connectivity index (χ0n) is 9.54. The third-order valence-corrected chi connectivity index (χ3v) is 5.98. The van der Waals surface area contributed by atoms with Crippen LogP contribution in [-0.2, 0) is 9.53 Å². The zero-order valence-corrected chi connectivity index (χ0v) is 10.3. The third kappa shape index (κ3) is 0.911. The van der Waals surface area contributed by atoms with Gasteiger partial charge in [-0.1, -0.05) is 18.2 Å². The molecular formula is C13H15ClO3. The zero-order chi connectivity index (χ0) is 12.1. The van der Waals surface area contributed by atoms with Gasteiger partial charge in [-0.3, -0.25) is 0 Å². The molecule has 5 atom stereocenters. The van der Waals surface area contributed by atoms with Gasteiger partial charge in [0, 0.05) is 11.8 Å². The van der Waals surface area contributed by atoms with Crippen molar-refractivity contribution in [3.8, 4) is 0 Å². The van der Waals surface area contributed by atoms with Crippen molar-refractivity contribution in [1.29, 1.82) is 0 Å². The topological polar surface area (TPSA) is 46.5 Å². The number of esters is 1. The summed E-state index contributed by atoms with van der Waals surface area (Å²) in [5, 5.41) is 10.4. The van der Waals surface area contributed by atoms with E-state index in [0.717, 1.165) is 19.3 Å². The van der Waals surface area contributed by atoms with Gasteiger partial charge in [0.1, 0.15) is 10.6 Å². The summed E-state index contributed by atoms with van der Waals surface area (Å²) < 4.78 is 5.62. The maximum atomic E-state index is 11.6. The lowest BCUT2D eigenvalue weighted by molar-refractivity contribution is -0.294. The molecule has 0 amide bonds. The molecule has 4 saturated carbocycles. The number of rotatable bonds is 2. The molecule has 0 aliphatic heterocycles. The van der Waals surface area contributed by atoms with Gasteiger partial charge in [0.05, 0.1) is 5.60 Å². The largest absolute Gasteiger partial charge is 0.454 e. The van der Waals surface area contributed by atoms with Crippen molar-refractivity contribution in [2.75, 3.05) is 0 Å². The van der Waals surface area contributed by atoms with Crippen molar-refractivity contribution in [1.82, 2.24) is 0 Å². The number of hydrogen-bond acceptors (Lipinski definition) is 3. The van der Waals surface area contributed by atoms with Crippen LogP contribution >= 0.6 is 11.6 Å². The Morgan fingerprint density at radius 2 is 2.06 bits per heavy atom. The van der Waals surface area contributed by atoms with Crippen LogP contribution in [0.15, 0.2) is 11.6 Å². The Bertz CT molecular complexity index is 462. The summed E-state index contributed by atoms with van der Waals surface area (Å²) in [7, 11) is 0. The van der Waals surface area contributed by atoms with E-state index >= 15 is 0 Å². The molecule has 4 heteroatoms. The SMILES string of the molecule is C=C(Cl)C(=O)OC12CC3C[C@@H]4CC(O)(C1)CC342. The summed E-state index contributed by atoms with van der Waals surface area (Å²) >= 11 is 5.59. The van der Waals surface area contributed by atoms with Crippen LogP contribution in [0.3, 0.4) is 0 Å². The lowest BCUT2D eigenvalue weighted by Crippen LogP contribution is -2.72. The summed E-state index contributed by atoms with van der Waals surface area (Å²) in [5.74, 6) is 0.693. The molecule has 2 bridgehead atoms. The summed E-state index contributed by atoms with van der Waals surface area (Å²) in [5.41, 5.74) is -0.934. The van der Waals surface area contributed by atoms with Gasteiger partial charge in [0.15, 0.2) is 0 Å². The number of halogens is 1. The normalized spacial score (nSPS) is 56.8. The first-order valence-corrected chi connectivity index (χ1v) is 6.59. The first-order valence-electron chi connectivity index (χ1n) is 6.21. The Morgan fingerprint density at radius 3 is 2.65 bits per heavy atom. The van der Waals surface area contributed by atoms with Gasteiger partial charge in [-0.05, 0) is 37.5 Å². The molecule has 0 saturated heterocycles. The second-order valence-electron chi connectivity index (χ2n) is 6.44. The van der Waals surface area contributed by atoms with E-state index in [-0.39, 0.29) is 10.4 Å². The summed E-state index contributed by atoms with van der Waals surface area (Å²) in [6.07, 6.45) is 4.41. The van der Waals surface area contributed by atoms with Crippen molar-refractivity contribution in [2.24, 2.45) is 17.3 Å². The fraction of sp³-hybridized carbons (Fsp3) is 0.769. The van der Waals surface area contributed by atoms with E-state index in [0.29, 0.717) is 18.3 Å². The molecule has 1 spiro atoms. The van der Waals surface area contributed by atoms with Crippen LogP contribution in [0.5, 0.6) is 0 Å². The van der Waals surface area contributed by atoms with Crippen LogP contribution in [0.1, 0.15) is 32.1 Å². The molecule has 0 aromatic carbocycles. The van der Waals surface area contributed by atoms with Gasteiger partial charge in [0.25, 0.3) is 0 Å². The molecule has 0 radical (unpaired) electrons. The number of ether oxygens (including phenoxy) is 1. The molecule has 92 valence electrons. The lowest BCUT2D eigenvalue weighted by atomic mass is 9.36. The lowest BCUT2D eigenvalue weighted by Gasteiger charge is -2.71. The van der Waals surface area contributed by atoms with Crippen LogP contribution < -0.4 is 0 Å². The van der Waals surface area contributed by atoms with E-state index < -0.39 is 17.2 Å². The molecule has 4 fully saturated rings.